The lowest BCUT2D eigenvalue weighted by molar-refractivity contribution is -0.164. The largest absolute Gasteiger partial charge is 0.390 e. The Kier molecular flexibility index (Phi) is 25.0. The quantitative estimate of drug-likeness (QED) is 0.143. The second-order valence-electron chi connectivity index (χ2n) is 38.1. The van der Waals surface area contributed by atoms with E-state index in [1.54, 1.807) is 77.0 Å². The van der Waals surface area contributed by atoms with Crippen LogP contribution in [0.25, 0.3) is 49.6 Å². The number of halogens is 1. The topological polar surface area (TPSA) is 76.3 Å². The fourth-order valence-electron chi connectivity index (χ4n) is 25.1. The molecule has 8 aromatic carbocycles. The Morgan fingerprint density at radius 2 is 0.877 bits per heavy atom. The van der Waals surface area contributed by atoms with Gasteiger partial charge in [0.05, 0.1) is 16.6 Å². The van der Waals surface area contributed by atoms with Crippen LogP contribution in [-0.4, -0.2) is 32.9 Å². The number of aryl methyl sites for hydroxylation is 4. The van der Waals surface area contributed by atoms with E-state index in [2.05, 4.69) is 198 Å². The van der Waals surface area contributed by atoms with Gasteiger partial charge in [0.15, 0.2) is 10.9 Å². The summed E-state index contributed by atoms with van der Waals surface area (Å²) in [4.78, 5) is 23.6. The number of rotatable bonds is 10. The molecule has 10 aromatic rings. The first-order valence-corrected chi connectivity index (χ1v) is 45.0. The van der Waals surface area contributed by atoms with Crippen LogP contribution in [0.2, 0.25) is 5.02 Å². The van der Waals surface area contributed by atoms with Crippen LogP contribution in [0.4, 0.5) is 0 Å². The molecule has 15 aliphatic carbocycles. The minimum absolute atomic E-state index is 0.133. The predicted molar refractivity (Wildman–Crippen MR) is 481 cm³/mol. The Hall–Kier alpha value is -7.87. The van der Waals surface area contributed by atoms with Crippen molar-refractivity contribution in [1.29, 1.82) is 0 Å². The lowest BCUT2D eigenvalue weighted by atomic mass is 9.47. The maximum atomic E-state index is 12.0. The molecule has 0 saturated heterocycles. The molecule has 25 rings (SSSR count). The van der Waals surface area contributed by atoms with E-state index in [9.17, 15) is 14.7 Å². The summed E-state index contributed by atoms with van der Waals surface area (Å²) in [5, 5.41) is 16.4. The van der Waals surface area contributed by atoms with Crippen LogP contribution < -0.4 is 16.2 Å². The number of para-hydroxylation sites is 2. The number of nitrogens with one attached hydrogen (secondary N) is 1. The normalized spacial score (nSPS) is 27.3. The van der Waals surface area contributed by atoms with Crippen molar-refractivity contribution in [1.82, 2.24) is 14.5 Å². The van der Waals surface area contributed by atoms with Crippen LogP contribution in [0.3, 0.4) is 0 Å². The molecule has 15 aliphatic rings. The van der Waals surface area contributed by atoms with Crippen molar-refractivity contribution in [2.45, 2.75) is 234 Å². The summed E-state index contributed by atoms with van der Waals surface area (Å²) in [5.41, 5.74) is 22.5. The van der Waals surface area contributed by atoms with Crippen LogP contribution in [0.1, 0.15) is 251 Å². The first-order valence-electron chi connectivity index (χ1n) is 44.6. The van der Waals surface area contributed by atoms with Crippen LogP contribution in [0, 0.1) is 90.3 Å². The molecule has 598 valence electrons. The van der Waals surface area contributed by atoms with Crippen LogP contribution in [0.5, 0.6) is 0 Å². The summed E-state index contributed by atoms with van der Waals surface area (Å²) < 4.78 is 4.22. The van der Waals surface area contributed by atoms with Crippen molar-refractivity contribution >= 4 is 39.0 Å². The van der Waals surface area contributed by atoms with E-state index in [1.165, 1.54) is 125 Å². The SMILES string of the molecule is CC=C1c2ccccc2-c2ccccc21.CCC12CC3CC(CC(C3)C1)C2.CCC12CC3CC(CC(O)(C3)C1)C2.CCC1c2ccccc2-c2ccccc21.CCNCC12CC3CC(CC(C3)C1)C2.Cc1ccc(C(C)c2ccc(Cl)cc2)cc1.Cc1cn(C)c2ccccc2c1=O.Cc1cn(CC2CC2)c2ccccc2c1=O. The highest BCUT2D eigenvalue weighted by atomic mass is 35.5. The second-order valence-corrected chi connectivity index (χ2v) is 38.6. The van der Waals surface area contributed by atoms with Gasteiger partial charge in [-0.1, -0.05) is 228 Å². The fraction of sp³-hybridized carbons (Fsp3) is 0.477. The van der Waals surface area contributed by atoms with Crippen molar-refractivity contribution < 1.29 is 5.11 Å². The number of hydrogen-bond acceptors (Lipinski definition) is 4. The van der Waals surface area contributed by atoms with Gasteiger partial charge in [-0.25, -0.2) is 0 Å². The summed E-state index contributed by atoms with van der Waals surface area (Å²) >= 11 is 5.88. The Morgan fingerprint density at radius 1 is 0.474 bits per heavy atom. The van der Waals surface area contributed by atoms with Crippen LogP contribution in [-0.2, 0) is 13.6 Å². The fourth-order valence-corrected chi connectivity index (χ4v) is 25.2. The molecular formula is C107H130ClN3O3. The van der Waals surface area contributed by atoms with Crippen molar-refractivity contribution in [3.05, 3.63) is 288 Å². The highest BCUT2D eigenvalue weighted by Gasteiger charge is 2.56. The lowest BCUT2D eigenvalue weighted by Gasteiger charge is -2.60. The van der Waals surface area contributed by atoms with Gasteiger partial charge in [0.2, 0.25) is 0 Å². The van der Waals surface area contributed by atoms with Gasteiger partial charge in [-0.3, -0.25) is 9.59 Å². The number of aromatic nitrogens is 2. The van der Waals surface area contributed by atoms with E-state index in [0.717, 1.165) is 134 Å². The Morgan fingerprint density at radius 3 is 1.33 bits per heavy atom. The number of pyridine rings is 2. The highest BCUT2D eigenvalue weighted by Crippen LogP contribution is 2.64. The summed E-state index contributed by atoms with van der Waals surface area (Å²) in [6.45, 7) is 22.9. The average Bonchev–Trinajstić information content (AvgIpc) is 1.37. The minimum Gasteiger partial charge on any atom is -0.390 e. The molecule has 3 atom stereocenters. The molecule has 0 aliphatic heterocycles. The van der Waals surface area contributed by atoms with E-state index < -0.39 is 0 Å². The standard InChI is InChI=1S/C15H15Cl.C15H14.C15H12.C14H15NO.C13H23N.C12H20O.C12H20.C11H11NO/c1-11-3-5-13(6-4-11)12(2)14-7-9-15(16)10-8-14;2*1-2-11-12-7-3-5-9-14(12)15-10-6-4-8-13(11)15;1-10-8-15(9-11-6-7-11)13-5-3-2-4-12(13)14(10)16;1-2-14-9-13-6-10-3-11(7-13)5-12(4-10)8-13;1-2-11-4-9-3-10(5-11)7-12(13,6-9)8-11;1-2-12-6-9-3-10(7-12)5-11(4-9)8-12;1-8-7-12(2)10-6-4-3-5-9(10)11(8)13/h3-10,12H,1-2H3;3-11H,2H2,1H3;2-10H,1H3;2-5,8,11H,6-7,9H2,1H3;10-12,14H,2-9H2,1H3;9-10,13H,2-8H2,1H3;9-11H,2-8H2,1H3;3-7H,1-2H3. The maximum Gasteiger partial charge on any atom is 0.192 e. The molecule has 0 radical (unpaired) electrons. The van der Waals surface area contributed by atoms with E-state index in [4.69, 9.17) is 11.6 Å². The number of nitrogens with zero attached hydrogens (tertiary/aromatic N) is 2. The van der Waals surface area contributed by atoms with Crippen molar-refractivity contribution in [2.24, 2.45) is 76.6 Å². The first kappa shape index (κ1) is 81.3. The number of aliphatic hydroxyl groups is 1. The number of allylic oxidation sites excluding steroid dienone is 1. The Labute approximate surface area is 688 Å². The molecule has 0 spiro atoms. The zero-order valence-electron chi connectivity index (χ0n) is 70.5. The Bertz CT molecular complexity index is 4900. The third-order valence-electron chi connectivity index (χ3n) is 29.7. The Balaban J connectivity index is 0.000000103. The minimum atomic E-state index is -0.236. The van der Waals surface area contributed by atoms with Gasteiger partial charge in [0.25, 0.3) is 0 Å². The van der Waals surface area contributed by atoms with Gasteiger partial charge in [0, 0.05) is 71.3 Å². The summed E-state index contributed by atoms with van der Waals surface area (Å²) in [6, 6.07) is 67.1. The van der Waals surface area contributed by atoms with Gasteiger partial charge in [-0.2, -0.15) is 0 Å². The summed E-state index contributed by atoms with van der Waals surface area (Å²) in [7, 11) is 1.95. The molecule has 114 heavy (non-hydrogen) atoms. The van der Waals surface area contributed by atoms with Crippen molar-refractivity contribution in [3.8, 4) is 22.3 Å². The molecule has 13 fully saturated rings. The molecule has 12 bridgehead atoms. The van der Waals surface area contributed by atoms with Crippen LogP contribution >= 0.6 is 11.6 Å². The van der Waals surface area contributed by atoms with Gasteiger partial charge in [0.1, 0.15) is 0 Å². The van der Waals surface area contributed by atoms with Gasteiger partial charge < -0.3 is 19.6 Å². The lowest BCUT2D eigenvalue weighted by Crippen LogP contribution is -2.55. The summed E-state index contributed by atoms with van der Waals surface area (Å²) in [6.07, 6.45) is 39.2. The monoisotopic (exact) mass is 1540 g/mol. The van der Waals surface area contributed by atoms with Gasteiger partial charge in [-0.15, -0.1) is 0 Å². The molecule has 2 N–H and O–H groups in total. The number of benzene rings is 8. The molecule has 6 nitrogen and oxygen atoms in total. The molecule has 0 amide bonds. The van der Waals surface area contributed by atoms with Gasteiger partial charge in [-0.05, 0) is 336 Å². The zero-order valence-corrected chi connectivity index (χ0v) is 71.2. The molecule has 3 unspecified atom stereocenters. The number of fused-ring (bicyclic) bond motifs is 8. The van der Waals surface area contributed by atoms with Crippen molar-refractivity contribution in [2.75, 3.05) is 13.1 Å². The molecule has 2 heterocycles. The van der Waals surface area contributed by atoms with Crippen LogP contribution in [0.15, 0.2) is 222 Å². The number of hydrogen-bond donors (Lipinski definition) is 2. The van der Waals surface area contributed by atoms with E-state index >= 15 is 0 Å². The van der Waals surface area contributed by atoms with E-state index in [-0.39, 0.29) is 16.5 Å². The smallest absolute Gasteiger partial charge is 0.192 e. The predicted octanol–water partition coefficient (Wildman–Crippen LogP) is 26.8. The third kappa shape index (κ3) is 18.0. The molecular weight excluding hydrogens is 1410 g/mol. The first-order chi connectivity index (χ1) is 55.2. The van der Waals surface area contributed by atoms with E-state index in [1.807, 2.05) is 98.5 Å². The highest BCUT2D eigenvalue weighted by molar-refractivity contribution is 6.30. The zero-order chi connectivity index (χ0) is 79.5. The van der Waals surface area contributed by atoms with Gasteiger partial charge >= 0.3 is 0 Å². The maximum absolute atomic E-state index is 12.0. The van der Waals surface area contributed by atoms with E-state index in [0.29, 0.717) is 17.3 Å². The molecule has 7 heteroatoms. The average molecular weight is 1540 g/mol. The molecule has 13 saturated carbocycles. The summed E-state index contributed by atoms with van der Waals surface area (Å²) in [5.74, 6) is 10.4. The third-order valence-corrected chi connectivity index (χ3v) is 29.9. The molecule has 2 aromatic heterocycles. The van der Waals surface area contributed by atoms with Crippen molar-refractivity contribution in [3.63, 3.8) is 0 Å². The second kappa shape index (κ2) is 35.1.